The number of aryl methyl sites for hydroxylation is 1. The summed E-state index contributed by atoms with van der Waals surface area (Å²) in [5.41, 5.74) is 6.24. The minimum Gasteiger partial charge on any atom is -0.257 e. The molecule has 0 bridgehead atoms. The maximum absolute atomic E-state index is 4.77. The normalized spacial score (nSPS) is 13.0. The van der Waals surface area contributed by atoms with Crippen LogP contribution in [0.2, 0.25) is 0 Å². The molecule has 1 aromatic carbocycles. The Labute approximate surface area is 144 Å². The topological polar surface area (TPSA) is 24.7 Å². The summed E-state index contributed by atoms with van der Waals surface area (Å²) in [7, 11) is 0. The Kier molecular flexibility index (Phi) is 7.76. The lowest BCUT2D eigenvalue weighted by Gasteiger charge is -2.11. The second kappa shape index (κ2) is 9.31. The van der Waals surface area contributed by atoms with Gasteiger partial charge in [0.15, 0.2) is 0 Å². The van der Waals surface area contributed by atoms with Crippen LogP contribution in [0.25, 0.3) is 5.70 Å². The number of allylic oxidation sites excluding steroid dienone is 3. The van der Waals surface area contributed by atoms with Crippen LogP contribution in [0.5, 0.6) is 0 Å². The first-order valence-corrected chi connectivity index (χ1v) is 8.86. The summed E-state index contributed by atoms with van der Waals surface area (Å²) >= 11 is 1.55. The van der Waals surface area contributed by atoms with Crippen molar-refractivity contribution in [3.8, 4) is 0 Å². The molecule has 122 valence electrons. The van der Waals surface area contributed by atoms with E-state index in [0.717, 1.165) is 33.3 Å². The summed E-state index contributed by atoms with van der Waals surface area (Å²) < 4.78 is 0. The van der Waals surface area contributed by atoms with Crippen LogP contribution >= 0.6 is 11.8 Å². The summed E-state index contributed by atoms with van der Waals surface area (Å²) in [6, 6.07) is 8.40. The Bertz CT molecular complexity index is 687. The molecule has 0 N–H and O–H groups in total. The Morgan fingerprint density at radius 3 is 2.39 bits per heavy atom. The van der Waals surface area contributed by atoms with Crippen LogP contribution in [-0.4, -0.2) is 17.7 Å². The molecule has 0 aromatic heterocycles. The standard InChI is InChI=1S/C20H26N2S/c1-8-10-19(22-17(6)23-7)16(5)20(21-14(2)3)18-12-9-11-15(4)13-18/h8-13H,6H2,1-5,7H3/b10-8-,20-16+,22-19+. The lowest BCUT2D eigenvalue weighted by Crippen LogP contribution is -2.01. The van der Waals surface area contributed by atoms with E-state index in [-0.39, 0.29) is 0 Å². The fraction of sp³-hybridized carbons (Fsp3) is 0.300. The van der Waals surface area contributed by atoms with Crippen LogP contribution in [0.3, 0.4) is 0 Å². The predicted octanol–water partition coefficient (Wildman–Crippen LogP) is 6.06. The second-order valence-corrected chi connectivity index (χ2v) is 6.38. The molecule has 0 saturated heterocycles. The molecular weight excluding hydrogens is 300 g/mol. The third kappa shape index (κ3) is 6.03. The van der Waals surface area contributed by atoms with Gasteiger partial charge < -0.3 is 0 Å². The molecule has 0 fully saturated rings. The highest BCUT2D eigenvalue weighted by molar-refractivity contribution is 8.02. The quantitative estimate of drug-likeness (QED) is 0.583. The van der Waals surface area contributed by atoms with Crippen molar-refractivity contribution in [1.29, 1.82) is 0 Å². The number of hydrogen-bond acceptors (Lipinski definition) is 3. The van der Waals surface area contributed by atoms with Gasteiger partial charge >= 0.3 is 0 Å². The van der Waals surface area contributed by atoms with Crippen molar-refractivity contribution in [3.63, 3.8) is 0 Å². The van der Waals surface area contributed by atoms with Crippen LogP contribution in [0.1, 0.15) is 38.8 Å². The fourth-order valence-electron chi connectivity index (χ4n) is 2.09. The smallest absolute Gasteiger partial charge is 0.0892 e. The molecule has 0 aliphatic heterocycles. The number of aliphatic imine (C=N–C) groups is 2. The Balaban J connectivity index is 3.58. The van der Waals surface area contributed by atoms with Gasteiger partial charge in [-0.2, -0.15) is 0 Å². The third-order valence-corrected chi connectivity index (χ3v) is 3.73. The van der Waals surface area contributed by atoms with E-state index in [2.05, 4.69) is 49.7 Å². The first kappa shape index (κ1) is 19.2. The van der Waals surface area contributed by atoms with Gasteiger partial charge in [0.1, 0.15) is 0 Å². The zero-order valence-electron chi connectivity index (χ0n) is 15.0. The summed E-state index contributed by atoms with van der Waals surface area (Å²) in [6.45, 7) is 14.1. The predicted molar refractivity (Wildman–Crippen MR) is 107 cm³/mol. The van der Waals surface area contributed by atoms with Crippen molar-refractivity contribution >= 4 is 28.9 Å². The molecule has 0 aliphatic rings. The minimum absolute atomic E-state index is 0.790. The van der Waals surface area contributed by atoms with E-state index in [9.17, 15) is 0 Å². The van der Waals surface area contributed by atoms with Crippen molar-refractivity contribution < 1.29 is 0 Å². The molecule has 2 nitrogen and oxygen atoms in total. The van der Waals surface area contributed by atoms with Crippen molar-refractivity contribution in [2.45, 2.75) is 34.6 Å². The SMILES string of the molecule is C=C(/N=C(\C=C/C)C(/C)=C(/N=C(C)C)c1cccc(C)c1)SC. The molecule has 0 aliphatic carbocycles. The van der Waals surface area contributed by atoms with E-state index in [1.165, 1.54) is 5.56 Å². The van der Waals surface area contributed by atoms with Crippen LogP contribution in [0, 0.1) is 6.92 Å². The summed E-state index contributed by atoms with van der Waals surface area (Å²) in [5.74, 6) is 0. The van der Waals surface area contributed by atoms with Gasteiger partial charge in [0.2, 0.25) is 0 Å². The molecule has 0 spiro atoms. The molecule has 23 heavy (non-hydrogen) atoms. The maximum Gasteiger partial charge on any atom is 0.0892 e. The van der Waals surface area contributed by atoms with E-state index < -0.39 is 0 Å². The average Bonchev–Trinajstić information content (AvgIpc) is 2.51. The lowest BCUT2D eigenvalue weighted by atomic mass is 10.0. The van der Waals surface area contributed by atoms with Crippen molar-refractivity contribution in [2.24, 2.45) is 9.98 Å². The number of hydrogen-bond donors (Lipinski definition) is 0. The van der Waals surface area contributed by atoms with Crippen molar-refractivity contribution in [3.05, 3.63) is 64.7 Å². The van der Waals surface area contributed by atoms with E-state index in [1.807, 2.05) is 39.2 Å². The van der Waals surface area contributed by atoms with Crippen LogP contribution in [0.15, 0.2) is 63.6 Å². The molecular formula is C20H26N2S. The lowest BCUT2D eigenvalue weighted by molar-refractivity contribution is 1.37. The highest BCUT2D eigenvalue weighted by Gasteiger charge is 2.10. The Morgan fingerprint density at radius 1 is 1.17 bits per heavy atom. The Morgan fingerprint density at radius 2 is 1.87 bits per heavy atom. The zero-order valence-corrected chi connectivity index (χ0v) is 15.8. The largest absolute Gasteiger partial charge is 0.257 e. The first-order chi connectivity index (χ1) is 10.9. The van der Waals surface area contributed by atoms with E-state index >= 15 is 0 Å². The molecule has 0 atom stereocenters. The Hall–Kier alpha value is -1.87. The molecule has 0 radical (unpaired) electrons. The summed E-state index contributed by atoms with van der Waals surface area (Å²) in [5, 5.41) is 0.790. The summed E-state index contributed by atoms with van der Waals surface area (Å²) in [6.07, 6.45) is 5.98. The molecule has 0 heterocycles. The van der Waals surface area contributed by atoms with E-state index in [0.29, 0.717) is 0 Å². The highest BCUT2D eigenvalue weighted by Crippen LogP contribution is 2.24. The van der Waals surface area contributed by atoms with Crippen LogP contribution < -0.4 is 0 Å². The van der Waals surface area contributed by atoms with Gasteiger partial charge in [-0.15, -0.1) is 11.8 Å². The van der Waals surface area contributed by atoms with Gasteiger partial charge in [0.25, 0.3) is 0 Å². The zero-order chi connectivity index (χ0) is 17.4. The monoisotopic (exact) mass is 326 g/mol. The maximum atomic E-state index is 4.77. The fourth-order valence-corrected chi connectivity index (χ4v) is 2.28. The molecule has 0 unspecified atom stereocenters. The van der Waals surface area contributed by atoms with Crippen LogP contribution in [0.4, 0.5) is 0 Å². The van der Waals surface area contributed by atoms with Crippen molar-refractivity contribution in [1.82, 2.24) is 0 Å². The second-order valence-electron chi connectivity index (χ2n) is 5.50. The van der Waals surface area contributed by atoms with E-state index in [4.69, 9.17) is 4.99 Å². The summed E-state index contributed by atoms with van der Waals surface area (Å²) in [4.78, 5) is 9.40. The molecule has 1 aromatic rings. The molecule has 0 saturated carbocycles. The van der Waals surface area contributed by atoms with Gasteiger partial charge in [0.05, 0.1) is 16.4 Å². The van der Waals surface area contributed by atoms with E-state index in [1.54, 1.807) is 11.8 Å². The van der Waals surface area contributed by atoms with Gasteiger partial charge in [0, 0.05) is 16.8 Å². The number of nitrogens with zero attached hydrogens (tertiary/aromatic N) is 2. The molecule has 3 heteroatoms. The third-order valence-electron chi connectivity index (χ3n) is 3.17. The average molecular weight is 327 g/mol. The first-order valence-electron chi connectivity index (χ1n) is 7.63. The molecule has 1 rings (SSSR count). The van der Waals surface area contributed by atoms with Crippen molar-refractivity contribution in [2.75, 3.05) is 6.26 Å². The van der Waals surface area contributed by atoms with Crippen LogP contribution in [-0.2, 0) is 0 Å². The number of benzene rings is 1. The van der Waals surface area contributed by atoms with Gasteiger partial charge in [-0.3, -0.25) is 4.99 Å². The number of rotatable bonds is 6. The highest BCUT2D eigenvalue weighted by atomic mass is 32.2. The number of thioether (sulfide) groups is 1. The van der Waals surface area contributed by atoms with Gasteiger partial charge in [-0.25, -0.2) is 4.99 Å². The minimum atomic E-state index is 0.790. The van der Waals surface area contributed by atoms with Gasteiger partial charge in [-0.1, -0.05) is 36.4 Å². The molecule has 0 amide bonds. The van der Waals surface area contributed by atoms with Gasteiger partial charge in [-0.05, 0) is 53.0 Å².